The normalized spacial score (nSPS) is 23.3. The third-order valence-electron chi connectivity index (χ3n) is 4.83. The third-order valence-corrected chi connectivity index (χ3v) is 5.77. The van der Waals surface area contributed by atoms with E-state index in [-0.39, 0.29) is 11.7 Å². The van der Waals surface area contributed by atoms with Crippen LogP contribution in [0.3, 0.4) is 0 Å². The standard InChI is InChI=1S/C18H20FN3OS/c19-13-3-1-2-12(8-13)18-21-16(11-24-18)9-17(23)22-7-6-14-4-5-15(10-22)20-14/h1-3,8,11,14-15,20H,4-7,9-10H2. The Morgan fingerprint density at radius 3 is 3.08 bits per heavy atom. The molecule has 1 aromatic carbocycles. The number of carbonyl (C=O) groups excluding carboxylic acids is 1. The Morgan fingerprint density at radius 2 is 2.21 bits per heavy atom. The lowest BCUT2D eigenvalue weighted by molar-refractivity contribution is -0.130. The predicted octanol–water partition coefficient (Wildman–Crippen LogP) is 2.84. The van der Waals surface area contributed by atoms with Gasteiger partial charge >= 0.3 is 0 Å². The van der Waals surface area contributed by atoms with Crippen LogP contribution in [0.4, 0.5) is 4.39 Å². The van der Waals surface area contributed by atoms with Gasteiger partial charge in [-0.2, -0.15) is 0 Å². The molecule has 2 bridgehead atoms. The van der Waals surface area contributed by atoms with Crippen LogP contribution in [0.25, 0.3) is 10.6 Å². The number of benzene rings is 1. The van der Waals surface area contributed by atoms with E-state index < -0.39 is 0 Å². The van der Waals surface area contributed by atoms with Gasteiger partial charge in [-0.1, -0.05) is 12.1 Å². The van der Waals surface area contributed by atoms with Crippen LogP contribution in [-0.2, 0) is 11.2 Å². The second kappa shape index (κ2) is 6.61. The highest BCUT2D eigenvalue weighted by atomic mass is 32.1. The summed E-state index contributed by atoms with van der Waals surface area (Å²) in [6.45, 7) is 1.63. The molecule has 24 heavy (non-hydrogen) atoms. The molecule has 2 unspecified atom stereocenters. The lowest BCUT2D eigenvalue weighted by atomic mass is 10.1. The predicted molar refractivity (Wildman–Crippen MR) is 92.4 cm³/mol. The van der Waals surface area contributed by atoms with Crippen LogP contribution in [0.1, 0.15) is 25.0 Å². The molecule has 1 amide bonds. The van der Waals surface area contributed by atoms with E-state index in [1.165, 1.54) is 29.9 Å². The fraction of sp³-hybridized carbons (Fsp3) is 0.444. The lowest BCUT2D eigenvalue weighted by Crippen LogP contribution is -2.39. The van der Waals surface area contributed by atoms with Gasteiger partial charge in [0.15, 0.2) is 0 Å². The van der Waals surface area contributed by atoms with E-state index in [0.29, 0.717) is 18.5 Å². The molecule has 0 aliphatic carbocycles. The molecule has 2 fully saturated rings. The Bertz CT molecular complexity index is 747. The van der Waals surface area contributed by atoms with Crippen LogP contribution in [0.15, 0.2) is 29.6 Å². The van der Waals surface area contributed by atoms with E-state index in [1.54, 1.807) is 6.07 Å². The van der Waals surface area contributed by atoms with Gasteiger partial charge in [0.25, 0.3) is 0 Å². The number of hydrogen-bond acceptors (Lipinski definition) is 4. The van der Waals surface area contributed by atoms with Gasteiger partial charge in [-0.3, -0.25) is 4.79 Å². The fourth-order valence-corrected chi connectivity index (χ4v) is 4.40. The molecule has 2 aromatic rings. The molecule has 2 aliphatic heterocycles. The molecular weight excluding hydrogens is 325 g/mol. The Kier molecular flexibility index (Phi) is 4.33. The van der Waals surface area contributed by atoms with E-state index in [4.69, 9.17) is 0 Å². The summed E-state index contributed by atoms with van der Waals surface area (Å²) in [4.78, 5) is 19.1. The summed E-state index contributed by atoms with van der Waals surface area (Å²) >= 11 is 1.46. The summed E-state index contributed by atoms with van der Waals surface area (Å²) in [6, 6.07) is 7.43. The van der Waals surface area contributed by atoms with Crippen LogP contribution in [-0.4, -0.2) is 41.0 Å². The molecular formula is C18H20FN3OS. The highest BCUT2D eigenvalue weighted by Crippen LogP contribution is 2.25. The number of nitrogens with one attached hydrogen (secondary N) is 1. The number of rotatable bonds is 3. The summed E-state index contributed by atoms with van der Waals surface area (Å²) < 4.78 is 13.3. The molecule has 4 nitrogen and oxygen atoms in total. The van der Waals surface area contributed by atoms with Crippen molar-refractivity contribution in [3.05, 3.63) is 41.2 Å². The summed E-state index contributed by atoms with van der Waals surface area (Å²) in [5.41, 5.74) is 1.53. The van der Waals surface area contributed by atoms with Crippen LogP contribution in [0, 0.1) is 5.82 Å². The molecule has 0 saturated carbocycles. The summed E-state index contributed by atoms with van der Waals surface area (Å²) in [7, 11) is 0. The first kappa shape index (κ1) is 15.7. The van der Waals surface area contributed by atoms with E-state index in [0.717, 1.165) is 42.2 Å². The number of thiazole rings is 1. The van der Waals surface area contributed by atoms with E-state index in [1.807, 2.05) is 16.3 Å². The second-order valence-corrected chi connectivity index (χ2v) is 7.46. The molecule has 2 aliphatic rings. The van der Waals surface area contributed by atoms with Crippen molar-refractivity contribution >= 4 is 17.2 Å². The van der Waals surface area contributed by atoms with Crippen LogP contribution >= 0.6 is 11.3 Å². The molecule has 0 spiro atoms. The molecule has 126 valence electrons. The summed E-state index contributed by atoms with van der Waals surface area (Å²) in [5, 5.41) is 6.25. The SMILES string of the molecule is O=C(Cc1csc(-c2cccc(F)c2)n1)N1CCC2CCC(C1)N2. The molecule has 1 aromatic heterocycles. The van der Waals surface area contributed by atoms with Crippen molar-refractivity contribution in [1.82, 2.24) is 15.2 Å². The Hall–Kier alpha value is -1.79. The first-order chi connectivity index (χ1) is 11.7. The maximum atomic E-state index is 13.3. The first-order valence-corrected chi connectivity index (χ1v) is 9.29. The molecule has 6 heteroatoms. The van der Waals surface area contributed by atoms with E-state index in [2.05, 4.69) is 10.3 Å². The molecule has 2 saturated heterocycles. The Balaban J connectivity index is 1.43. The van der Waals surface area contributed by atoms with Gasteiger partial charge in [-0.25, -0.2) is 9.37 Å². The number of amides is 1. The zero-order valence-electron chi connectivity index (χ0n) is 13.4. The first-order valence-electron chi connectivity index (χ1n) is 8.41. The van der Waals surface area contributed by atoms with Crippen molar-refractivity contribution in [3.8, 4) is 10.6 Å². The van der Waals surface area contributed by atoms with Crippen molar-refractivity contribution in [1.29, 1.82) is 0 Å². The van der Waals surface area contributed by atoms with Crippen LogP contribution < -0.4 is 5.32 Å². The number of carbonyl (C=O) groups is 1. The fourth-order valence-electron chi connectivity index (χ4n) is 3.58. The Morgan fingerprint density at radius 1 is 1.33 bits per heavy atom. The van der Waals surface area contributed by atoms with E-state index in [9.17, 15) is 9.18 Å². The van der Waals surface area contributed by atoms with Gasteiger partial charge in [0.05, 0.1) is 12.1 Å². The highest BCUT2D eigenvalue weighted by molar-refractivity contribution is 7.13. The van der Waals surface area contributed by atoms with Crippen LogP contribution in [0.2, 0.25) is 0 Å². The number of halogens is 1. The third kappa shape index (κ3) is 3.35. The minimum Gasteiger partial charge on any atom is -0.341 e. The van der Waals surface area contributed by atoms with Crippen molar-refractivity contribution in [3.63, 3.8) is 0 Å². The van der Waals surface area contributed by atoms with Gasteiger partial charge in [-0.15, -0.1) is 11.3 Å². The lowest BCUT2D eigenvalue weighted by Gasteiger charge is -2.24. The molecule has 2 atom stereocenters. The van der Waals surface area contributed by atoms with Crippen molar-refractivity contribution < 1.29 is 9.18 Å². The van der Waals surface area contributed by atoms with Gasteiger partial charge in [0, 0.05) is 36.1 Å². The number of aromatic nitrogens is 1. The average molecular weight is 345 g/mol. The number of hydrogen-bond donors (Lipinski definition) is 1. The van der Waals surface area contributed by atoms with Gasteiger partial charge in [0.2, 0.25) is 5.91 Å². The molecule has 0 radical (unpaired) electrons. The number of fused-ring (bicyclic) bond motifs is 2. The monoisotopic (exact) mass is 345 g/mol. The van der Waals surface area contributed by atoms with Gasteiger partial charge in [0.1, 0.15) is 10.8 Å². The maximum Gasteiger partial charge on any atom is 0.228 e. The van der Waals surface area contributed by atoms with Crippen molar-refractivity contribution in [2.24, 2.45) is 0 Å². The zero-order chi connectivity index (χ0) is 16.5. The van der Waals surface area contributed by atoms with Gasteiger partial charge < -0.3 is 10.2 Å². The van der Waals surface area contributed by atoms with Gasteiger partial charge in [-0.05, 0) is 31.4 Å². The topological polar surface area (TPSA) is 45.2 Å². The van der Waals surface area contributed by atoms with Crippen molar-refractivity contribution in [2.75, 3.05) is 13.1 Å². The largest absolute Gasteiger partial charge is 0.341 e. The number of likely N-dealkylation sites (tertiary alicyclic amines) is 1. The molecule has 1 N–H and O–H groups in total. The zero-order valence-corrected chi connectivity index (χ0v) is 14.2. The average Bonchev–Trinajstić information content (AvgIpc) is 3.14. The van der Waals surface area contributed by atoms with E-state index >= 15 is 0 Å². The quantitative estimate of drug-likeness (QED) is 0.930. The smallest absolute Gasteiger partial charge is 0.228 e. The van der Waals surface area contributed by atoms with Crippen LogP contribution in [0.5, 0.6) is 0 Å². The second-order valence-electron chi connectivity index (χ2n) is 6.60. The molecule has 4 rings (SSSR count). The minimum atomic E-state index is -0.271. The molecule has 3 heterocycles. The Labute approximate surface area is 144 Å². The van der Waals surface area contributed by atoms with Crippen molar-refractivity contribution in [2.45, 2.75) is 37.8 Å². The summed E-state index contributed by atoms with van der Waals surface area (Å²) in [5.74, 6) is -0.132. The highest BCUT2D eigenvalue weighted by Gasteiger charge is 2.31. The minimum absolute atomic E-state index is 0.139. The number of nitrogens with zero attached hydrogens (tertiary/aromatic N) is 2. The summed E-state index contributed by atoms with van der Waals surface area (Å²) in [6.07, 6.45) is 3.75. The maximum absolute atomic E-state index is 13.3.